The molecule has 1 aliphatic carbocycles. The first-order valence-electron chi connectivity index (χ1n) is 6.65. The van der Waals surface area contributed by atoms with Crippen LogP contribution in [0.1, 0.15) is 44.6 Å². The van der Waals surface area contributed by atoms with Gasteiger partial charge in [0.15, 0.2) is 0 Å². The largest absolute Gasteiger partial charge is 0.325 e. The highest BCUT2D eigenvalue weighted by Crippen LogP contribution is 2.34. The lowest BCUT2D eigenvalue weighted by Gasteiger charge is -2.38. The second-order valence-corrected chi connectivity index (χ2v) is 5.54. The molecule has 0 amide bonds. The number of rotatable bonds is 3. The van der Waals surface area contributed by atoms with Gasteiger partial charge in [-0.1, -0.05) is 38.3 Å². The van der Waals surface area contributed by atoms with E-state index < -0.39 is 0 Å². The lowest BCUT2D eigenvalue weighted by molar-refractivity contribution is 0.218. The van der Waals surface area contributed by atoms with Crippen molar-refractivity contribution in [3.8, 4) is 0 Å². The Kier molecular flexibility index (Phi) is 3.82. The molecule has 0 bridgehead atoms. The van der Waals surface area contributed by atoms with E-state index in [1.165, 1.54) is 25.3 Å². The average Bonchev–Trinajstić information content (AvgIpc) is 2.28. The molecule has 0 heterocycles. The summed E-state index contributed by atoms with van der Waals surface area (Å²) < 4.78 is 13.1. The van der Waals surface area contributed by atoms with Crippen molar-refractivity contribution < 1.29 is 4.39 Å². The van der Waals surface area contributed by atoms with Crippen molar-refractivity contribution >= 4 is 0 Å². The minimum Gasteiger partial charge on any atom is -0.325 e. The van der Waals surface area contributed by atoms with Gasteiger partial charge >= 0.3 is 0 Å². The van der Waals surface area contributed by atoms with E-state index >= 15 is 0 Å². The van der Waals surface area contributed by atoms with Crippen molar-refractivity contribution in [3.63, 3.8) is 0 Å². The number of hydrogen-bond acceptors (Lipinski definition) is 1. The summed E-state index contributed by atoms with van der Waals surface area (Å²) in [5.74, 6) is 0.594. The molecule has 2 unspecified atom stereocenters. The molecule has 1 aliphatic rings. The van der Waals surface area contributed by atoms with Crippen LogP contribution in [-0.4, -0.2) is 5.54 Å². The van der Waals surface area contributed by atoms with E-state index in [2.05, 4.69) is 6.92 Å². The molecule has 2 rings (SSSR count). The highest BCUT2D eigenvalue weighted by Gasteiger charge is 2.32. The summed E-state index contributed by atoms with van der Waals surface area (Å²) in [5, 5.41) is 0. The van der Waals surface area contributed by atoms with E-state index in [-0.39, 0.29) is 11.4 Å². The zero-order valence-corrected chi connectivity index (χ0v) is 10.6. The van der Waals surface area contributed by atoms with Crippen LogP contribution in [0.15, 0.2) is 24.3 Å². The van der Waals surface area contributed by atoms with E-state index in [1.807, 2.05) is 6.07 Å². The zero-order chi connectivity index (χ0) is 12.3. The average molecular weight is 235 g/mol. The van der Waals surface area contributed by atoms with Gasteiger partial charge in [-0.2, -0.15) is 0 Å². The van der Waals surface area contributed by atoms with Crippen molar-refractivity contribution in [3.05, 3.63) is 35.6 Å². The Morgan fingerprint density at radius 1 is 1.47 bits per heavy atom. The minimum atomic E-state index is -0.158. The zero-order valence-electron chi connectivity index (χ0n) is 10.6. The molecule has 2 N–H and O–H groups in total. The van der Waals surface area contributed by atoms with Gasteiger partial charge in [-0.25, -0.2) is 4.39 Å². The summed E-state index contributed by atoms with van der Waals surface area (Å²) in [6, 6.07) is 6.86. The maximum atomic E-state index is 13.1. The van der Waals surface area contributed by atoms with Crippen LogP contribution in [-0.2, 0) is 6.42 Å². The molecular weight excluding hydrogens is 213 g/mol. The molecule has 1 nitrogen and oxygen atoms in total. The molecule has 1 fully saturated rings. The molecule has 2 heteroatoms. The summed E-state index contributed by atoms with van der Waals surface area (Å²) in [4.78, 5) is 0. The predicted octanol–water partition coefficient (Wildman–Crippen LogP) is 3.67. The smallest absolute Gasteiger partial charge is 0.123 e. The SMILES string of the molecule is CCC1CCCC(N)(Cc2cccc(F)c2)C1. The standard InChI is InChI=1S/C15H22FN/c1-2-12-6-4-8-15(17,10-12)11-13-5-3-7-14(16)9-13/h3,5,7,9,12H,2,4,6,8,10-11,17H2,1H3. The van der Waals surface area contributed by atoms with Crippen molar-refractivity contribution in [1.82, 2.24) is 0 Å². The minimum absolute atomic E-state index is 0.118. The molecule has 2 atom stereocenters. The monoisotopic (exact) mass is 235 g/mol. The van der Waals surface area contributed by atoms with E-state index in [0.29, 0.717) is 0 Å². The van der Waals surface area contributed by atoms with Crippen molar-refractivity contribution in [1.29, 1.82) is 0 Å². The van der Waals surface area contributed by atoms with Crippen LogP contribution < -0.4 is 5.73 Å². The van der Waals surface area contributed by atoms with E-state index in [0.717, 1.165) is 30.7 Å². The molecule has 0 radical (unpaired) electrons. The summed E-state index contributed by atoms with van der Waals surface area (Å²) in [6.07, 6.45) is 6.69. The van der Waals surface area contributed by atoms with Gasteiger partial charge in [0.05, 0.1) is 0 Å². The number of nitrogens with two attached hydrogens (primary N) is 1. The summed E-state index contributed by atoms with van der Waals surface area (Å²) in [6.45, 7) is 2.23. The van der Waals surface area contributed by atoms with Gasteiger partial charge in [-0.3, -0.25) is 0 Å². The summed E-state index contributed by atoms with van der Waals surface area (Å²) in [7, 11) is 0. The second kappa shape index (κ2) is 5.18. The molecule has 0 aromatic heterocycles. The van der Waals surface area contributed by atoms with Crippen LogP contribution in [0, 0.1) is 11.7 Å². The summed E-state index contributed by atoms with van der Waals surface area (Å²) in [5.41, 5.74) is 7.40. The third kappa shape index (κ3) is 3.29. The van der Waals surface area contributed by atoms with E-state index in [9.17, 15) is 4.39 Å². The highest BCUT2D eigenvalue weighted by atomic mass is 19.1. The number of benzene rings is 1. The highest BCUT2D eigenvalue weighted by molar-refractivity contribution is 5.19. The predicted molar refractivity (Wildman–Crippen MR) is 69.3 cm³/mol. The van der Waals surface area contributed by atoms with E-state index in [1.54, 1.807) is 12.1 Å². The Balaban J connectivity index is 2.06. The maximum absolute atomic E-state index is 13.1. The third-order valence-electron chi connectivity index (χ3n) is 4.00. The maximum Gasteiger partial charge on any atom is 0.123 e. The quantitative estimate of drug-likeness (QED) is 0.850. The molecule has 1 aromatic rings. The van der Waals surface area contributed by atoms with E-state index in [4.69, 9.17) is 5.73 Å². The first kappa shape index (κ1) is 12.6. The van der Waals surface area contributed by atoms with Gasteiger partial charge in [-0.15, -0.1) is 0 Å². The molecule has 0 spiro atoms. The van der Waals surface area contributed by atoms with Crippen molar-refractivity contribution in [2.45, 2.75) is 51.0 Å². The van der Waals surface area contributed by atoms with Crippen LogP contribution in [0.4, 0.5) is 4.39 Å². The lowest BCUT2D eigenvalue weighted by atomic mass is 9.72. The first-order valence-corrected chi connectivity index (χ1v) is 6.65. The molecule has 0 aliphatic heterocycles. The van der Waals surface area contributed by atoms with Crippen molar-refractivity contribution in [2.75, 3.05) is 0 Å². The van der Waals surface area contributed by atoms with Gasteiger partial charge in [0.2, 0.25) is 0 Å². The lowest BCUT2D eigenvalue weighted by Crippen LogP contribution is -2.46. The van der Waals surface area contributed by atoms with Crippen LogP contribution in [0.25, 0.3) is 0 Å². The Labute approximate surface area is 103 Å². The summed E-state index contributed by atoms with van der Waals surface area (Å²) >= 11 is 0. The Hall–Kier alpha value is -0.890. The first-order chi connectivity index (χ1) is 8.11. The Morgan fingerprint density at radius 3 is 3.00 bits per heavy atom. The van der Waals surface area contributed by atoms with Gasteiger partial charge in [-0.05, 0) is 42.9 Å². The molecule has 0 saturated heterocycles. The van der Waals surface area contributed by atoms with Gasteiger partial charge < -0.3 is 5.73 Å². The van der Waals surface area contributed by atoms with Crippen LogP contribution in [0.5, 0.6) is 0 Å². The second-order valence-electron chi connectivity index (χ2n) is 5.54. The Bertz CT molecular complexity index is 377. The fourth-order valence-electron chi connectivity index (χ4n) is 3.08. The molecule has 94 valence electrons. The molecule has 1 aromatic carbocycles. The topological polar surface area (TPSA) is 26.0 Å². The number of halogens is 1. The van der Waals surface area contributed by atoms with Crippen molar-refractivity contribution in [2.24, 2.45) is 11.7 Å². The van der Waals surface area contributed by atoms with Crippen LogP contribution >= 0.6 is 0 Å². The van der Waals surface area contributed by atoms with Gasteiger partial charge in [0.25, 0.3) is 0 Å². The van der Waals surface area contributed by atoms with Crippen LogP contribution in [0.3, 0.4) is 0 Å². The molecule has 17 heavy (non-hydrogen) atoms. The van der Waals surface area contributed by atoms with Gasteiger partial charge in [0, 0.05) is 5.54 Å². The van der Waals surface area contributed by atoms with Crippen LogP contribution in [0.2, 0.25) is 0 Å². The fraction of sp³-hybridized carbons (Fsp3) is 0.600. The number of hydrogen-bond donors (Lipinski definition) is 1. The molecule has 1 saturated carbocycles. The normalized spacial score (nSPS) is 29.2. The fourth-order valence-corrected chi connectivity index (χ4v) is 3.08. The van der Waals surface area contributed by atoms with Gasteiger partial charge in [0.1, 0.15) is 5.82 Å². The molecular formula is C15H22FN. The third-order valence-corrected chi connectivity index (χ3v) is 4.00. The Morgan fingerprint density at radius 2 is 2.29 bits per heavy atom.